The summed E-state index contributed by atoms with van der Waals surface area (Å²) in [6, 6.07) is 22.3. The second-order valence-electron chi connectivity index (χ2n) is 7.91. The van der Waals surface area contributed by atoms with Crippen LogP contribution in [0.25, 0.3) is 0 Å². The summed E-state index contributed by atoms with van der Waals surface area (Å²) in [5.41, 5.74) is 2.43. The first-order chi connectivity index (χ1) is 15.2. The van der Waals surface area contributed by atoms with Crippen LogP contribution in [0.2, 0.25) is 0 Å². The van der Waals surface area contributed by atoms with Crippen molar-refractivity contribution >= 4 is 17.5 Å². The Morgan fingerprint density at radius 3 is 2.58 bits per heavy atom. The number of hydrogen-bond donors (Lipinski definition) is 0. The average molecular weight is 413 g/mol. The third-order valence-corrected chi connectivity index (χ3v) is 5.83. The smallest absolute Gasteiger partial charge is 0.250 e. The Morgan fingerprint density at radius 2 is 1.77 bits per heavy atom. The van der Waals surface area contributed by atoms with Crippen molar-refractivity contribution in [2.45, 2.75) is 31.5 Å². The average Bonchev–Trinajstić information content (AvgIpc) is 3.23. The minimum Gasteiger partial charge on any atom is -0.486 e. The number of aromatic nitrogens is 1. The highest BCUT2D eigenvalue weighted by Gasteiger charge is 2.44. The molecule has 6 nitrogen and oxygen atoms in total. The van der Waals surface area contributed by atoms with Gasteiger partial charge >= 0.3 is 0 Å². The zero-order valence-corrected chi connectivity index (χ0v) is 17.1. The molecule has 2 aliphatic rings. The van der Waals surface area contributed by atoms with Crippen molar-refractivity contribution in [2.75, 3.05) is 11.4 Å². The van der Waals surface area contributed by atoms with Gasteiger partial charge in [-0.05, 0) is 29.8 Å². The lowest BCUT2D eigenvalue weighted by molar-refractivity contribution is -0.137. The van der Waals surface area contributed by atoms with E-state index in [0.717, 1.165) is 11.3 Å². The molecule has 1 saturated heterocycles. The van der Waals surface area contributed by atoms with Crippen molar-refractivity contribution in [3.8, 4) is 5.75 Å². The molecular weight excluding hydrogens is 390 g/mol. The number of pyridine rings is 1. The van der Waals surface area contributed by atoms with E-state index in [1.807, 2.05) is 72.8 Å². The quantitative estimate of drug-likeness (QED) is 0.659. The van der Waals surface area contributed by atoms with Crippen LogP contribution in [0.5, 0.6) is 5.75 Å². The number of benzene rings is 2. The number of carbonyl (C=O) groups is 2. The van der Waals surface area contributed by atoms with E-state index in [1.165, 1.54) is 0 Å². The summed E-state index contributed by atoms with van der Waals surface area (Å²) in [6.45, 7) is 0.732. The zero-order valence-electron chi connectivity index (χ0n) is 17.1. The maximum absolute atomic E-state index is 13.7. The molecule has 0 spiro atoms. The van der Waals surface area contributed by atoms with E-state index >= 15 is 0 Å². The molecule has 1 fully saturated rings. The number of rotatable bonds is 4. The van der Waals surface area contributed by atoms with Crippen LogP contribution < -0.4 is 9.64 Å². The lowest BCUT2D eigenvalue weighted by Crippen LogP contribution is -2.48. The summed E-state index contributed by atoms with van der Waals surface area (Å²) in [7, 11) is 0. The summed E-state index contributed by atoms with van der Waals surface area (Å²) in [5.74, 6) is 0.511. The fourth-order valence-corrected chi connectivity index (χ4v) is 4.34. The van der Waals surface area contributed by atoms with Gasteiger partial charge in [-0.3, -0.25) is 14.6 Å². The summed E-state index contributed by atoms with van der Waals surface area (Å²) >= 11 is 0. The Balaban J connectivity index is 1.47. The van der Waals surface area contributed by atoms with Crippen molar-refractivity contribution in [1.29, 1.82) is 0 Å². The fraction of sp³-hybridized carbons (Fsp3) is 0.240. The number of anilines is 1. The molecule has 2 aliphatic heterocycles. The van der Waals surface area contributed by atoms with Gasteiger partial charge in [-0.2, -0.15) is 0 Å². The summed E-state index contributed by atoms with van der Waals surface area (Å²) in [4.78, 5) is 34.7. The number of fused-ring (bicyclic) bond motifs is 3. The summed E-state index contributed by atoms with van der Waals surface area (Å²) in [5, 5.41) is 0. The van der Waals surface area contributed by atoms with E-state index in [9.17, 15) is 9.59 Å². The lowest BCUT2D eigenvalue weighted by atomic mass is 10.1. The van der Waals surface area contributed by atoms with Crippen molar-refractivity contribution in [3.05, 3.63) is 90.3 Å². The molecule has 2 atom stereocenters. The molecule has 0 N–H and O–H groups in total. The van der Waals surface area contributed by atoms with Gasteiger partial charge in [-0.25, -0.2) is 0 Å². The minimum absolute atomic E-state index is 0.0561. The molecular formula is C25H23N3O3. The number of hydrogen-bond acceptors (Lipinski definition) is 4. The highest BCUT2D eigenvalue weighted by atomic mass is 16.5. The van der Waals surface area contributed by atoms with Gasteiger partial charge in [0.2, 0.25) is 11.8 Å². The highest BCUT2D eigenvalue weighted by Crippen LogP contribution is 2.37. The molecule has 0 radical (unpaired) electrons. The minimum atomic E-state index is -0.543. The first-order valence-electron chi connectivity index (χ1n) is 10.5. The summed E-state index contributed by atoms with van der Waals surface area (Å²) in [6.07, 6.45) is 2.27. The second kappa shape index (κ2) is 8.22. The molecule has 2 aromatic carbocycles. The van der Waals surface area contributed by atoms with Gasteiger partial charge in [0.25, 0.3) is 0 Å². The largest absolute Gasteiger partial charge is 0.486 e. The molecule has 0 aliphatic carbocycles. The van der Waals surface area contributed by atoms with Crippen molar-refractivity contribution in [3.63, 3.8) is 0 Å². The van der Waals surface area contributed by atoms with Crippen molar-refractivity contribution in [1.82, 2.24) is 9.88 Å². The first kappa shape index (κ1) is 19.3. The van der Waals surface area contributed by atoms with Gasteiger partial charge in [0.05, 0.1) is 30.9 Å². The highest BCUT2D eigenvalue weighted by molar-refractivity contribution is 6.01. The second-order valence-corrected chi connectivity index (χ2v) is 7.91. The van der Waals surface area contributed by atoms with Crippen molar-refractivity contribution in [2.24, 2.45) is 0 Å². The van der Waals surface area contributed by atoms with Gasteiger partial charge in [0.1, 0.15) is 17.9 Å². The van der Waals surface area contributed by atoms with E-state index in [4.69, 9.17) is 4.74 Å². The standard InChI is InChI=1S/C25H23N3O3/c29-24(14-18-8-2-1-3-9-18)27-17-20-15-22(27)25(30)28(16-19-10-6-7-13-26-19)21-11-4-5-12-23(21)31-20/h1-13,20,22H,14-17H2/t20-,22-/m0/s1. The van der Waals surface area contributed by atoms with Gasteiger partial charge < -0.3 is 14.5 Å². The molecule has 2 amide bonds. The molecule has 6 heteroatoms. The van der Waals surface area contributed by atoms with Crippen LogP contribution in [0.3, 0.4) is 0 Å². The van der Waals surface area contributed by atoms with Crippen LogP contribution in [0, 0.1) is 0 Å². The molecule has 2 bridgehead atoms. The molecule has 3 heterocycles. The van der Waals surface area contributed by atoms with Crippen LogP contribution in [0.1, 0.15) is 17.7 Å². The molecule has 0 saturated carbocycles. The van der Waals surface area contributed by atoms with Crippen molar-refractivity contribution < 1.29 is 14.3 Å². The third kappa shape index (κ3) is 3.89. The monoisotopic (exact) mass is 413 g/mol. The van der Waals surface area contributed by atoms with Gasteiger partial charge in [-0.15, -0.1) is 0 Å². The number of amides is 2. The van der Waals surface area contributed by atoms with Gasteiger partial charge in [0.15, 0.2) is 0 Å². The maximum Gasteiger partial charge on any atom is 0.250 e. The third-order valence-electron chi connectivity index (χ3n) is 5.83. The van der Waals surface area contributed by atoms with Crippen LogP contribution in [-0.4, -0.2) is 40.4 Å². The Bertz CT molecular complexity index is 1090. The Kier molecular flexibility index (Phi) is 5.12. The number of ether oxygens (including phenoxy) is 1. The number of carbonyl (C=O) groups excluding carboxylic acids is 2. The Hall–Kier alpha value is -3.67. The molecule has 156 valence electrons. The topological polar surface area (TPSA) is 62.7 Å². The zero-order chi connectivity index (χ0) is 21.2. The maximum atomic E-state index is 13.7. The molecule has 5 rings (SSSR count). The normalized spacial score (nSPS) is 19.9. The van der Waals surface area contributed by atoms with E-state index in [1.54, 1.807) is 16.0 Å². The van der Waals surface area contributed by atoms with Crippen LogP contribution in [0.4, 0.5) is 5.69 Å². The Labute approximate surface area is 181 Å². The Morgan fingerprint density at radius 1 is 1.00 bits per heavy atom. The molecule has 3 aromatic rings. The number of para-hydroxylation sites is 2. The van der Waals surface area contributed by atoms with Gasteiger partial charge in [0, 0.05) is 12.6 Å². The van der Waals surface area contributed by atoms with Crippen LogP contribution in [0.15, 0.2) is 79.0 Å². The van der Waals surface area contributed by atoms with Crippen LogP contribution >= 0.6 is 0 Å². The lowest BCUT2D eigenvalue weighted by Gasteiger charge is -2.31. The number of likely N-dealkylation sites (tertiary alicyclic amines) is 1. The van der Waals surface area contributed by atoms with Gasteiger partial charge in [-0.1, -0.05) is 48.5 Å². The van der Waals surface area contributed by atoms with E-state index in [-0.39, 0.29) is 24.3 Å². The van der Waals surface area contributed by atoms with Crippen LogP contribution in [-0.2, 0) is 22.6 Å². The SMILES string of the molecule is O=C1[C@@H]2C[C@@H](CN2C(=O)Cc2ccccc2)Oc2ccccc2N1Cc1ccccn1. The predicted molar refractivity (Wildman–Crippen MR) is 117 cm³/mol. The molecule has 0 unspecified atom stereocenters. The molecule has 31 heavy (non-hydrogen) atoms. The predicted octanol–water partition coefficient (Wildman–Crippen LogP) is 3.22. The fourth-order valence-electron chi connectivity index (χ4n) is 4.34. The first-order valence-corrected chi connectivity index (χ1v) is 10.5. The molecule has 1 aromatic heterocycles. The van der Waals surface area contributed by atoms with E-state index in [2.05, 4.69) is 4.98 Å². The summed E-state index contributed by atoms with van der Waals surface area (Å²) < 4.78 is 6.27. The van der Waals surface area contributed by atoms with E-state index in [0.29, 0.717) is 30.9 Å². The van der Waals surface area contributed by atoms with E-state index < -0.39 is 6.04 Å². The number of nitrogens with zero attached hydrogens (tertiary/aromatic N) is 3.